The van der Waals surface area contributed by atoms with Crippen LogP contribution in [0.4, 0.5) is 0 Å². The molecule has 2 aromatic rings. The number of hydrogen-bond donors (Lipinski definition) is 0. The van der Waals surface area contributed by atoms with Crippen LogP contribution < -0.4 is 4.74 Å². The largest absolute Gasteiger partial charge is 0.491 e. The quantitative estimate of drug-likeness (QED) is 0.745. The second-order valence-electron chi connectivity index (χ2n) is 4.25. The van der Waals surface area contributed by atoms with Crippen molar-refractivity contribution in [1.82, 2.24) is 9.55 Å². The molecule has 0 amide bonds. The molecule has 3 rings (SSSR count). The van der Waals surface area contributed by atoms with Crippen molar-refractivity contribution >= 4 is 15.9 Å². The fourth-order valence-corrected chi connectivity index (χ4v) is 2.52. The van der Waals surface area contributed by atoms with Gasteiger partial charge in [-0.25, -0.2) is 4.98 Å². The van der Waals surface area contributed by atoms with Crippen molar-refractivity contribution in [3.05, 3.63) is 34.1 Å². The average Bonchev–Trinajstić information content (AvgIpc) is 2.49. The molecule has 0 unspecified atom stereocenters. The molecule has 0 fully saturated rings. The lowest BCUT2D eigenvalue weighted by atomic mass is 10.2. The molecule has 0 radical (unpaired) electrons. The number of halogens is 1. The van der Waals surface area contributed by atoms with Gasteiger partial charge in [0.1, 0.15) is 18.2 Å². The van der Waals surface area contributed by atoms with Gasteiger partial charge in [-0.05, 0) is 32.0 Å². The highest BCUT2D eigenvalue weighted by molar-refractivity contribution is 9.10. The second kappa shape index (κ2) is 3.88. The summed E-state index contributed by atoms with van der Waals surface area (Å²) >= 11 is 3.47. The summed E-state index contributed by atoms with van der Waals surface area (Å²) in [6.45, 7) is 5.70. The van der Waals surface area contributed by atoms with Gasteiger partial charge in [-0.15, -0.1) is 0 Å². The van der Waals surface area contributed by atoms with Crippen LogP contribution in [0, 0.1) is 13.8 Å². The molecule has 0 N–H and O–H groups in total. The van der Waals surface area contributed by atoms with Crippen molar-refractivity contribution in [2.24, 2.45) is 0 Å². The summed E-state index contributed by atoms with van der Waals surface area (Å²) in [6, 6.07) is 6.09. The van der Waals surface area contributed by atoms with Crippen LogP contribution in [0.5, 0.6) is 5.75 Å². The number of imidazole rings is 1. The molecule has 1 aliphatic rings. The van der Waals surface area contributed by atoms with Gasteiger partial charge in [0.15, 0.2) is 0 Å². The van der Waals surface area contributed by atoms with Crippen molar-refractivity contribution in [2.45, 2.75) is 20.4 Å². The lowest BCUT2D eigenvalue weighted by Gasteiger charge is -2.06. The van der Waals surface area contributed by atoms with E-state index in [-0.39, 0.29) is 0 Å². The van der Waals surface area contributed by atoms with E-state index in [0.29, 0.717) is 6.61 Å². The van der Waals surface area contributed by atoms with Crippen molar-refractivity contribution in [3.8, 4) is 17.1 Å². The summed E-state index contributed by atoms with van der Waals surface area (Å²) in [5.74, 6) is 1.92. The van der Waals surface area contributed by atoms with E-state index in [1.165, 1.54) is 5.69 Å². The van der Waals surface area contributed by atoms with Crippen molar-refractivity contribution in [1.29, 1.82) is 0 Å². The molecule has 0 atom stereocenters. The van der Waals surface area contributed by atoms with Gasteiger partial charge in [0, 0.05) is 10.2 Å². The Bertz CT molecular complexity index is 589. The molecule has 88 valence electrons. The molecular weight excluding hydrogens is 280 g/mol. The monoisotopic (exact) mass is 292 g/mol. The molecule has 0 aliphatic carbocycles. The zero-order valence-electron chi connectivity index (χ0n) is 9.83. The van der Waals surface area contributed by atoms with E-state index in [2.05, 4.69) is 45.4 Å². The van der Waals surface area contributed by atoms with Gasteiger partial charge in [0.2, 0.25) is 0 Å². The summed E-state index contributed by atoms with van der Waals surface area (Å²) in [7, 11) is 0. The number of fused-ring (bicyclic) bond motifs is 3. The van der Waals surface area contributed by atoms with Crippen molar-refractivity contribution < 1.29 is 4.74 Å². The number of aromatic nitrogens is 2. The van der Waals surface area contributed by atoms with Gasteiger partial charge in [-0.2, -0.15) is 0 Å². The predicted molar refractivity (Wildman–Crippen MR) is 70.3 cm³/mol. The minimum absolute atomic E-state index is 0.688. The molecule has 1 aromatic heterocycles. The summed E-state index contributed by atoms with van der Waals surface area (Å²) in [6.07, 6.45) is 0. The molecule has 1 aliphatic heterocycles. The van der Waals surface area contributed by atoms with Gasteiger partial charge >= 0.3 is 0 Å². The first-order valence-electron chi connectivity index (χ1n) is 5.63. The smallest absolute Gasteiger partial charge is 0.144 e. The van der Waals surface area contributed by atoms with E-state index in [9.17, 15) is 0 Å². The fourth-order valence-electron chi connectivity index (χ4n) is 2.18. The van der Waals surface area contributed by atoms with E-state index in [1.54, 1.807) is 0 Å². The normalized spacial score (nSPS) is 13.6. The van der Waals surface area contributed by atoms with Crippen LogP contribution in [-0.4, -0.2) is 16.2 Å². The van der Waals surface area contributed by atoms with E-state index in [0.717, 1.165) is 33.8 Å². The molecule has 0 spiro atoms. The number of hydrogen-bond acceptors (Lipinski definition) is 2. The van der Waals surface area contributed by atoms with Gasteiger partial charge in [0.05, 0.1) is 17.8 Å². The molecule has 4 heteroatoms. The molecule has 1 aromatic carbocycles. The maximum absolute atomic E-state index is 5.77. The van der Waals surface area contributed by atoms with Crippen LogP contribution in [0.3, 0.4) is 0 Å². The molecule has 3 nitrogen and oxygen atoms in total. The van der Waals surface area contributed by atoms with Gasteiger partial charge < -0.3 is 9.30 Å². The molecule has 2 heterocycles. The Morgan fingerprint density at radius 3 is 3.00 bits per heavy atom. The Labute approximate surface area is 109 Å². The third kappa shape index (κ3) is 1.67. The zero-order chi connectivity index (χ0) is 12.0. The fraction of sp³-hybridized carbons (Fsp3) is 0.308. The van der Waals surface area contributed by atoms with E-state index >= 15 is 0 Å². The molecule has 0 saturated heterocycles. The van der Waals surface area contributed by atoms with Crippen LogP contribution >= 0.6 is 15.9 Å². The minimum atomic E-state index is 0.688. The van der Waals surface area contributed by atoms with Crippen molar-refractivity contribution in [2.75, 3.05) is 6.61 Å². The number of nitrogens with zero attached hydrogens (tertiary/aromatic N) is 2. The maximum atomic E-state index is 5.77. The summed E-state index contributed by atoms with van der Waals surface area (Å²) in [4.78, 5) is 4.65. The van der Waals surface area contributed by atoms with E-state index < -0.39 is 0 Å². The van der Waals surface area contributed by atoms with Gasteiger partial charge in [-0.1, -0.05) is 15.9 Å². The predicted octanol–water partition coefficient (Wildman–Crippen LogP) is 3.32. The average molecular weight is 293 g/mol. The summed E-state index contributed by atoms with van der Waals surface area (Å²) in [5.41, 5.74) is 3.39. The van der Waals surface area contributed by atoms with Crippen LogP contribution in [-0.2, 0) is 6.54 Å². The van der Waals surface area contributed by atoms with Gasteiger partial charge in [0.25, 0.3) is 0 Å². The number of rotatable bonds is 0. The highest BCUT2D eigenvalue weighted by Gasteiger charge is 2.19. The van der Waals surface area contributed by atoms with Crippen LogP contribution in [0.25, 0.3) is 11.4 Å². The Morgan fingerprint density at radius 2 is 2.18 bits per heavy atom. The van der Waals surface area contributed by atoms with Crippen molar-refractivity contribution in [3.63, 3.8) is 0 Å². The maximum Gasteiger partial charge on any atom is 0.144 e. The van der Waals surface area contributed by atoms with E-state index in [1.807, 2.05) is 12.1 Å². The Balaban J connectivity index is 2.27. The van der Waals surface area contributed by atoms with Gasteiger partial charge in [-0.3, -0.25) is 0 Å². The standard InChI is InChI=1S/C13H13BrN2O/c1-8-9(2)16-5-6-17-12-7-10(14)3-4-11(12)13(16)15-8/h3-4,7H,5-6H2,1-2H3. The molecular formula is C13H13BrN2O. The first-order valence-corrected chi connectivity index (χ1v) is 6.42. The first kappa shape index (κ1) is 10.8. The molecule has 0 bridgehead atoms. The van der Waals surface area contributed by atoms with Crippen LogP contribution in [0.2, 0.25) is 0 Å². The lowest BCUT2D eigenvalue weighted by Crippen LogP contribution is -2.07. The second-order valence-corrected chi connectivity index (χ2v) is 5.16. The third-order valence-electron chi connectivity index (χ3n) is 3.21. The summed E-state index contributed by atoms with van der Waals surface area (Å²) < 4.78 is 9.04. The topological polar surface area (TPSA) is 27.1 Å². The SMILES string of the molecule is Cc1nc2n(c1C)CCOc1cc(Br)ccc1-2. The third-order valence-corrected chi connectivity index (χ3v) is 3.71. The number of ether oxygens (including phenoxy) is 1. The first-order chi connectivity index (χ1) is 8.16. The Morgan fingerprint density at radius 1 is 1.35 bits per heavy atom. The Hall–Kier alpha value is -1.29. The summed E-state index contributed by atoms with van der Waals surface area (Å²) in [5, 5.41) is 0. The molecule has 0 saturated carbocycles. The number of aryl methyl sites for hydroxylation is 1. The zero-order valence-corrected chi connectivity index (χ0v) is 11.4. The lowest BCUT2D eigenvalue weighted by molar-refractivity contribution is 0.305. The Kier molecular flexibility index (Phi) is 2.47. The van der Waals surface area contributed by atoms with Crippen LogP contribution in [0.1, 0.15) is 11.4 Å². The number of benzene rings is 1. The highest BCUT2D eigenvalue weighted by Crippen LogP contribution is 2.34. The van der Waals surface area contributed by atoms with Crippen LogP contribution in [0.15, 0.2) is 22.7 Å². The highest BCUT2D eigenvalue weighted by atomic mass is 79.9. The van der Waals surface area contributed by atoms with E-state index in [4.69, 9.17) is 4.74 Å². The minimum Gasteiger partial charge on any atom is -0.491 e. The molecule has 17 heavy (non-hydrogen) atoms.